The van der Waals surface area contributed by atoms with Gasteiger partial charge in [-0.3, -0.25) is 9.59 Å². The monoisotopic (exact) mass is 354 g/mol. The standard InChI is InChI=1S/C15H18N2O6S/c1-17(11-4-5-24(20,21)8-11)14(18)7-16-15(19)10-2-3-12-13(6-10)23-9-22-12/h2-3,6,11H,4-5,7-9H2,1H3,(H,16,19). The quantitative estimate of drug-likeness (QED) is 0.803. The summed E-state index contributed by atoms with van der Waals surface area (Å²) >= 11 is 0. The summed E-state index contributed by atoms with van der Waals surface area (Å²) in [6.07, 6.45) is 0.431. The van der Waals surface area contributed by atoms with Crippen molar-refractivity contribution in [1.29, 1.82) is 0 Å². The van der Waals surface area contributed by atoms with Crippen LogP contribution in [0.5, 0.6) is 11.5 Å². The third-order valence-electron chi connectivity index (χ3n) is 4.18. The second-order valence-electron chi connectivity index (χ2n) is 5.81. The molecular weight excluding hydrogens is 336 g/mol. The summed E-state index contributed by atoms with van der Waals surface area (Å²) in [4.78, 5) is 25.7. The van der Waals surface area contributed by atoms with E-state index in [1.807, 2.05) is 0 Å². The lowest BCUT2D eigenvalue weighted by atomic mass is 10.2. The fraction of sp³-hybridized carbons (Fsp3) is 0.467. The predicted octanol–water partition coefficient (Wildman–Crippen LogP) is -0.209. The van der Waals surface area contributed by atoms with Gasteiger partial charge in [-0.25, -0.2) is 8.42 Å². The van der Waals surface area contributed by atoms with E-state index in [0.717, 1.165) is 0 Å². The summed E-state index contributed by atoms with van der Waals surface area (Å²) in [7, 11) is -1.50. The molecule has 0 aromatic heterocycles. The van der Waals surface area contributed by atoms with Gasteiger partial charge in [0.1, 0.15) is 0 Å². The Labute approximate surface area is 139 Å². The molecular formula is C15H18N2O6S. The van der Waals surface area contributed by atoms with Gasteiger partial charge in [-0.05, 0) is 24.6 Å². The van der Waals surface area contributed by atoms with Crippen molar-refractivity contribution >= 4 is 21.7 Å². The van der Waals surface area contributed by atoms with Gasteiger partial charge in [0.2, 0.25) is 12.7 Å². The molecule has 1 saturated heterocycles. The predicted molar refractivity (Wildman–Crippen MR) is 84.7 cm³/mol. The average Bonchev–Trinajstić information content (AvgIpc) is 3.16. The van der Waals surface area contributed by atoms with E-state index < -0.39 is 15.7 Å². The second-order valence-corrected chi connectivity index (χ2v) is 8.04. The summed E-state index contributed by atoms with van der Waals surface area (Å²) < 4.78 is 33.3. The number of rotatable bonds is 4. The number of nitrogens with one attached hydrogen (secondary N) is 1. The molecule has 3 rings (SSSR count). The van der Waals surface area contributed by atoms with Crippen molar-refractivity contribution in [3.8, 4) is 11.5 Å². The maximum absolute atomic E-state index is 12.1. The zero-order chi connectivity index (χ0) is 17.3. The molecule has 2 heterocycles. The van der Waals surface area contributed by atoms with Crippen LogP contribution < -0.4 is 14.8 Å². The van der Waals surface area contributed by atoms with Gasteiger partial charge in [-0.2, -0.15) is 0 Å². The Morgan fingerprint density at radius 3 is 2.75 bits per heavy atom. The number of fused-ring (bicyclic) bond motifs is 1. The summed E-state index contributed by atoms with van der Waals surface area (Å²) in [6.45, 7) is -0.0751. The number of carbonyl (C=O) groups is 2. The fourth-order valence-corrected chi connectivity index (χ4v) is 4.48. The normalized spacial score (nSPS) is 20.6. The highest BCUT2D eigenvalue weighted by molar-refractivity contribution is 7.91. The van der Waals surface area contributed by atoms with E-state index in [1.165, 1.54) is 4.90 Å². The molecule has 1 fully saturated rings. The van der Waals surface area contributed by atoms with Crippen LogP contribution >= 0.6 is 0 Å². The van der Waals surface area contributed by atoms with Crippen molar-refractivity contribution in [3.63, 3.8) is 0 Å². The van der Waals surface area contributed by atoms with Crippen LogP contribution in [0.3, 0.4) is 0 Å². The van der Waals surface area contributed by atoms with Gasteiger partial charge < -0.3 is 19.7 Å². The molecule has 0 saturated carbocycles. The average molecular weight is 354 g/mol. The van der Waals surface area contributed by atoms with Crippen LogP contribution in [0.1, 0.15) is 16.8 Å². The molecule has 1 unspecified atom stereocenters. The van der Waals surface area contributed by atoms with E-state index in [-0.39, 0.29) is 36.8 Å². The summed E-state index contributed by atoms with van der Waals surface area (Å²) in [5.74, 6) is 0.400. The summed E-state index contributed by atoms with van der Waals surface area (Å²) in [5, 5.41) is 2.54. The van der Waals surface area contributed by atoms with Crippen LogP contribution in [-0.2, 0) is 14.6 Å². The van der Waals surface area contributed by atoms with E-state index in [4.69, 9.17) is 9.47 Å². The number of sulfone groups is 1. The molecule has 24 heavy (non-hydrogen) atoms. The van der Waals surface area contributed by atoms with Gasteiger partial charge >= 0.3 is 0 Å². The van der Waals surface area contributed by atoms with E-state index in [0.29, 0.717) is 23.5 Å². The van der Waals surface area contributed by atoms with Crippen molar-refractivity contribution in [2.75, 3.05) is 31.9 Å². The molecule has 2 amide bonds. The highest BCUT2D eigenvalue weighted by Gasteiger charge is 2.32. The molecule has 1 aromatic rings. The maximum atomic E-state index is 12.1. The van der Waals surface area contributed by atoms with E-state index in [2.05, 4.69) is 5.32 Å². The number of amides is 2. The SMILES string of the molecule is CN(C(=O)CNC(=O)c1ccc2c(c1)OCO2)C1CCS(=O)(=O)C1. The van der Waals surface area contributed by atoms with Crippen LogP contribution in [0.15, 0.2) is 18.2 Å². The van der Waals surface area contributed by atoms with E-state index in [9.17, 15) is 18.0 Å². The first-order chi connectivity index (χ1) is 11.4. The van der Waals surface area contributed by atoms with Gasteiger partial charge in [-0.1, -0.05) is 0 Å². The zero-order valence-electron chi connectivity index (χ0n) is 13.1. The summed E-state index contributed by atoms with van der Waals surface area (Å²) in [6, 6.07) is 4.44. The highest BCUT2D eigenvalue weighted by Crippen LogP contribution is 2.32. The van der Waals surface area contributed by atoms with Crippen molar-refractivity contribution in [3.05, 3.63) is 23.8 Å². The number of nitrogens with zero attached hydrogens (tertiary/aromatic N) is 1. The molecule has 0 bridgehead atoms. The number of likely N-dealkylation sites (N-methyl/N-ethyl adjacent to an activating group) is 1. The third-order valence-corrected chi connectivity index (χ3v) is 5.93. The van der Waals surface area contributed by atoms with Gasteiger partial charge in [-0.15, -0.1) is 0 Å². The Kier molecular flexibility index (Phi) is 4.35. The van der Waals surface area contributed by atoms with Crippen LogP contribution in [0.4, 0.5) is 0 Å². The Bertz CT molecular complexity index is 776. The Morgan fingerprint density at radius 2 is 2.04 bits per heavy atom. The van der Waals surface area contributed by atoms with E-state index in [1.54, 1.807) is 25.2 Å². The van der Waals surface area contributed by atoms with E-state index >= 15 is 0 Å². The Hall–Kier alpha value is -2.29. The topological polar surface area (TPSA) is 102 Å². The second kappa shape index (κ2) is 6.31. The lowest BCUT2D eigenvalue weighted by Gasteiger charge is -2.23. The third kappa shape index (κ3) is 3.45. The van der Waals surface area contributed by atoms with Gasteiger partial charge in [0.15, 0.2) is 21.3 Å². The van der Waals surface area contributed by atoms with Crippen LogP contribution in [-0.4, -0.2) is 63.1 Å². The molecule has 2 aliphatic rings. The number of carbonyl (C=O) groups excluding carboxylic acids is 2. The lowest BCUT2D eigenvalue weighted by molar-refractivity contribution is -0.130. The number of hydrogen-bond acceptors (Lipinski definition) is 6. The molecule has 8 nitrogen and oxygen atoms in total. The molecule has 130 valence electrons. The molecule has 0 aliphatic carbocycles. The molecule has 0 radical (unpaired) electrons. The molecule has 1 N–H and O–H groups in total. The van der Waals surface area contributed by atoms with Gasteiger partial charge in [0.05, 0.1) is 18.1 Å². The largest absolute Gasteiger partial charge is 0.454 e. The minimum Gasteiger partial charge on any atom is -0.454 e. The minimum absolute atomic E-state index is 0.0225. The number of ether oxygens (including phenoxy) is 2. The fourth-order valence-electron chi connectivity index (χ4n) is 2.70. The smallest absolute Gasteiger partial charge is 0.251 e. The Balaban J connectivity index is 1.55. The number of benzene rings is 1. The van der Waals surface area contributed by atoms with Crippen molar-refractivity contribution in [2.24, 2.45) is 0 Å². The highest BCUT2D eigenvalue weighted by atomic mass is 32.2. The van der Waals surface area contributed by atoms with Crippen LogP contribution in [0, 0.1) is 0 Å². The van der Waals surface area contributed by atoms with Crippen molar-refractivity contribution in [2.45, 2.75) is 12.5 Å². The maximum Gasteiger partial charge on any atom is 0.251 e. The summed E-state index contributed by atoms with van der Waals surface area (Å²) in [5.41, 5.74) is 0.359. The first-order valence-corrected chi connectivity index (χ1v) is 9.32. The van der Waals surface area contributed by atoms with Crippen LogP contribution in [0.2, 0.25) is 0 Å². The Morgan fingerprint density at radius 1 is 1.29 bits per heavy atom. The van der Waals surface area contributed by atoms with Crippen molar-refractivity contribution in [1.82, 2.24) is 10.2 Å². The molecule has 9 heteroatoms. The van der Waals surface area contributed by atoms with Crippen molar-refractivity contribution < 1.29 is 27.5 Å². The first-order valence-electron chi connectivity index (χ1n) is 7.50. The first kappa shape index (κ1) is 16.6. The number of hydrogen-bond donors (Lipinski definition) is 1. The van der Waals surface area contributed by atoms with Crippen LogP contribution in [0.25, 0.3) is 0 Å². The molecule has 0 spiro atoms. The minimum atomic E-state index is -3.06. The van der Waals surface area contributed by atoms with Gasteiger partial charge in [0, 0.05) is 18.7 Å². The molecule has 2 aliphatic heterocycles. The molecule has 1 aromatic carbocycles. The van der Waals surface area contributed by atoms with Gasteiger partial charge in [0.25, 0.3) is 5.91 Å². The molecule has 1 atom stereocenters. The lowest BCUT2D eigenvalue weighted by Crippen LogP contribution is -2.43. The zero-order valence-corrected chi connectivity index (χ0v) is 14.0.